The highest BCUT2D eigenvalue weighted by Crippen LogP contribution is 2.39. The lowest BCUT2D eigenvalue weighted by Crippen LogP contribution is -2.08. The van der Waals surface area contributed by atoms with Gasteiger partial charge in [-0.3, -0.25) is 4.99 Å². The maximum absolute atomic E-state index is 13.7. The Morgan fingerprint density at radius 3 is 2.52 bits per heavy atom. The van der Waals surface area contributed by atoms with E-state index in [1.165, 1.54) is 12.1 Å². The van der Waals surface area contributed by atoms with Crippen LogP contribution in [-0.2, 0) is 17.9 Å². The zero-order valence-corrected chi connectivity index (χ0v) is 18.4. The predicted octanol–water partition coefficient (Wildman–Crippen LogP) is 5.99. The molecule has 4 aromatic rings. The number of aromatic carboxylic acids is 1. The average Bonchev–Trinajstić information content (AvgIpc) is 3.38. The number of aliphatic imine (C=N–C) groups is 1. The average molecular weight is 442 g/mol. The van der Waals surface area contributed by atoms with Crippen LogP contribution in [0.3, 0.4) is 0 Å². The smallest absolute Gasteiger partial charge is 0.335 e. The lowest BCUT2D eigenvalue weighted by molar-refractivity contribution is 0.0632. The van der Waals surface area contributed by atoms with Gasteiger partial charge in [0.2, 0.25) is 0 Å². The third-order valence-corrected chi connectivity index (χ3v) is 5.88. The highest BCUT2D eigenvalue weighted by Gasteiger charge is 2.23. The van der Waals surface area contributed by atoms with E-state index in [-0.39, 0.29) is 17.5 Å². The van der Waals surface area contributed by atoms with Crippen molar-refractivity contribution in [3.8, 4) is 16.8 Å². The summed E-state index contributed by atoms with van der Waals surface area (Å²) in [6.07, 6.45) is 1.90. The summed E-state index contributed by atoms with van der Waals surface area (Å²) in [5, 5.41) is 10.4. The fraction of sp³-hybridized carbons (Fsp3) is 0.185. The molecule has 166 valence electrons. The van der Waals surface area contributed by atoms with Crippen molar-refractivity contribution in [1.82, 2.24) is 4.57 Å². The number of hydrogen-bond acceptors (Lipinski definition) is 3. The normalized spacial score (nSPS) is 12.6. The second-order valence-corrected chi connectivity index (χ2v) is 8.41. The minimum atomic E-state index is -0.964. The van der Waals surface area contributed by atoms with Gasteiger partial charge in [-0.2, -0.15) is 0 Å². The monoisotopic (exact) mass is 442 g/mol. The summed E-state index contributed by atoms with van der Waals surface area (Å²) >= 11 is 0. The van der Waals surface area contributed by atoms with E-state index in [1.54, 1.807) is 24.3 Å². The molecule has 0 aliphatic carbocycles. The molecule has 3 aromatic carbocycles. The first-order valence-corrected chi connectivity index (χ1v) is 10.8. The Bertz CT molecular complexity index is 1380. The van der Waals surface area contributed by atoms with E-state index in [2.05, 4.69) is 21.7 Å². The summed E-state index contributed by atoms with van der Waals surface area (Å²) in [5.41, 5.74) is 7.02. The van der Waals surface area contributed by atoms with Gasteiger partial charge in [0.15, 0.2) is 0 Å². The molecule has 0 bridgehead atoms. The van der Waals surface area contributed by atoms with Crippen LogP contribution in [-0.4, -0.2) is 28.0 Å². The molecule has 0 fully saturated rings. The van der Waals surface area contributed by atoms with E-state index in [0.29, 0.717) is 13.2 Å². The van der Waals surface area contributed by atoms with E-state index >= 15 is 0 Å². The van der Waals surface area contributed by atoms with Crippen molar-refractivity contribution in [2.75, 3.05) is 0 Å². The maximum Gasteiger partial charge on any atom is 0.335 e. The third-order valence-electron chi connectivity index (χ3n) is 5.88. The fourth-order valence-electron chi connectivity index (χ4n) is 4.32. The number of carboxylic acid groups (broad SMARTS) is 1. The molecule has 5 rings (SSSR count). The van der Waals surface area contributed by atoms with Crippen LogP contribution in [0.4, 0.5) is 4.39 Å². The second-order valence-electron chi connectivity index (χ2n) is 8.41. The highest BCUT2D eigenvalue weighted by molar-refractivity contribution is 6.03. The van der Waals surface area contributed by atoms with Crippen LogP contribution < -0.4 is 0 Å². The largest absolute Gasteiger partial charge is 0.478 e. The van der Waals surface area contributed by atoms with Crippen molar-refractivity contribution in [3.63, 3.8) is 0 Å². The van der Waals surface area contributed by atoms with Crippen molar-refractivity contribution < 1.29 is 19.0 Å². The van der Waals surface area contributed by atoms with Crippen LogP contribution in [0.25, 0.3) is 27.7 Å². The number of benzene rings is 3. The van der Waals surface area contributed by atoms with Crippen LogP contribution in [0.15, 0.2) is 65.7 Å². The summed E-state index contributed by atoms with van der Waals surface area (Å²) in [6, 6.07) is 17.6. The van der Waals surface area contributed by atoms with E-state index in [0.717, 1.165) is 44.5 Å². The van der Waals surface area contributed by atoms with Crippen molar-refractivity contribution in [2.45, 2.75) is 33.1 Å². The summed E-state index contributed by atoms with van der Waals surface area (Å²) < 4.78 is 21.9. The van der Waals surface area contributed by atoms with Gasteiger partial charge in [0, 0.05) is 22.9 Å². The Kier molecular flexibility index (Phi) is 5.30. The van der Waals surface area contributed by atoms with Gasteiger partial charge < -0.3 is 14.4 Å². The van der Waals surface area contributed by atoms with Gasteiger partial charge in [-0.15, -0.1) is 0 Å². The molecular formula is C27H23FN2O3. The van der Waals surface area contributed by atoms with Gasteiger partial charge in [0.25, 0.3) is 0 Å². The second kappa shape index (κ2) is 8.30. The van der Waals surface area contributed by atoms with Gasteiger partial charge >= 0.3 is 5.97 Å². The number of nitrogens with zero attached hydrogens (tertiary/aromatic N) is 2. The minimum absolute atomic E-state index is 0.0176. The molecule has 1 aromatic heterocycles. The predicted molar refractivity (Wildman–Crippen MR) is 127 cm³/mol. The Morgan fingerprint density at radius 1 is 1.12 bits per heavy atom. The highest BCUT2D eigenvalue weighted by atomic mass is 19.1. The summed E-state index contributed by atoms with van der Waals surface area (Å²) in [6.45, 7) is 4.94. The van der Waals surface area contributed by atoms with Crippen molar-refractivity contribution in [2.24, 2.45) is 4.99 Å². The number of aromatic nitrogens is 1. The standard InChI is InChI=1S/C27H23FN2O3/c1-16(2)33-15-25-26(17-3-5-18(6-4-17)27(31)32)23-11-19-13-29-14-20(19)12-24(23)30(25)22-9-7-21(28)8-10-22/h3-12,14,16H,13,15H2,1-2H3,(H,31,32). The number of ether oxygens (including phenoxy) is 1. The van der Waals surface area contributed by atoms with Gasteiger partial charge in [-0.25, -0.2) is 9.18 Å². The summed E-state index contributed by atoms with van der Waals surface area (Å²) in [5.74, 6) is -1.26. The van der Waals surface area contributed by atoms with E-state index in [4.69, 9.17) is 4.74 Å². The molecule has 0 spiro atoms. The molecule has 0 unspecified atom stereocenters. The molecule has 1 N–H and O–H groups in total. The molecule has 0 amide bonds. The van der Waals surface area contributed by atoms with Crippen LogP contribution in [0.2, 0.25) is 0 Å². The Labute approximate surface area is 190 Å². The molecule has 2 heterocycles. The number of fused-ring (bicyclic) bond motifs is 2. The van der Waals surface area contributed by atoms with Crippen LogP contribution in [0.5, 0.6) is 0 Å². The van der Waals surface area contributed by atoms with Crippen molar-refractivity contribution >= 4 is 23.1 Å². The lowest BCUT2D eigenvalue weighted by atomic mass is 9.98. The Morgan fingerprint density at radius 2 is 1.85 bits per heavy atom. The molecule has 6 heteroatoms. The van der Waals surface area contributed by atoms with Gasteiger partial charge in [0.1, 0.15) is 5.82 Å². The topological polar surface area (TPSA) is 63.8 Å². The Hall–Kier alpha value is -3.77. The molecule has 0 radical (unpaired) electrons. The summed E-state index contributed by atoms with van der Waals surface area (Å²) in [7, 11) is 0. The number of halogens is 1. The van der Waals surface area contributed by atoms with Gasteiger partial charge in [-0.1, -0.05) is 12.1 Å². The molecule has 0 atom stereocenters. The zero-order valence-electron chi connectivity index (χ0n) is 18.4. The Balaban J connectivity index is 1.82. The number of hydrogen-bond donors (Lipinski definition) is 1. The van der Waals surface area contributed by atoms with E-state index in [1.807, 2.05) is 32.2 Å². The van der Waals surface area contributed by atoms with Gasteiger partial charge in [-0.05, 0) is 79.1 Å². The first-order chi connectivity index (χ1) is 15.9. The fourth-order valence-corrected chi connectivity index (χ4v) is 4.32. The number of rotatable bonds is 6. The van der Waals surface area contributed by atoms with Crippen molar-refractivity contribution in [1.29, 1.82) is 0 Å². The van der Waals surface area contributed by atoms with Crippen LogP contribution in [0.1, 0.15) is 41.0 Å². The third kappa shape index (κ3) is 3.83. The molecular weight excluding hydrogens is 419 g/mol. The molecule has 1 aliphatic heterocycles. The molecule has 33 heavy (non-hydrogen) atoms. The maximum atomic E-state index is 13.7. The quantitative estimate of drug-likeness (QED) is 0.399. The molecule has 5 nitrogen and oxygen atoms in total. The first-order valence-electron chi connectivity index (χ1n) is 10.8. The SMILES string of the molecule is CC(C)OCc1c(-c2ccc(C(=O)O)cc2)c2cc3c(cc2n1-c1ccc(F)cc1)C=NC3. The van der Waals surface area contributed by atoms with Gasteiger partial charge in [0.05, 0.1) is 36.0 Å². The van der Waals surface area contributed by atoms with E-state index in [9.17, 15) is 14.3 Å². The molecule has 1 aliphatic rings. The minimum Gasteiger partial charge on any atom is -0.478 e. The van der Waals surface area contributed by atoms with E-state index < -0.39 is 5.97 Å². The number of carboxylic acids is 1. The number of carbonyl (C=O) groups is 1. The lowest BCUT2D eigenvalue weighted by Gasteiger charge is -2.15. The summed E-state index contributed by atoms with van der Waals surface area (Å²) in [4.78, 5) is 15.8. The zero-order chi connectivity index (χ0) is 23.1. The first kappa shape index (κ1) is 21.1. The molecule has 0 saturated heterocycles. The van der Waals surface area contributed by atoms with Crippen LogP contribution >= 0.6 is 0 Å². The molecule has 0 saturated carbocycles. The van der Waals surface area contributed by atoms with Crippen LogP contribution in [0, 0.1) is 5.82 Å². The van der Waals surface area contributed by atoms with Crippen molar-refractivity contribution in [3.05, 3.63) is 88.9 Å².